The molecule has 1 aromatic carbocycles. The highest BCUT2D eigenvalue weighted by molar-refractivity contribution is 6.03. The van der Waals surface area contributed by atoms with E-state index in [4.69, 9.17) is 0 Å². The van der Waals surface area contributed by atoms with Crippen molar-refractivity contribution in [3.05, 3.63) is 36.0 Å². The van der Waals surface area contributed by atoms with Crippen LogP contribution in [0, 0.1) is 5.92 Å². The fourth-order valence-electron chi connectivity index (χ4n) is 4.04. The minimum Gasteiger partial charge on any atom is -0.354 e. The summed E-state index contributed by atoms with van der Waals surface area (Å²) >= 11 is 0. The van der Waals surface area contributed by atoms with Crippen molar-refractivity contribution in [1.29, 1.82) is 0 Å². The number of nitrogens with zero attached hydrogens (tertiary/aromatic N) is 2. The minimum atomic E-state index is -0.843. The molecule has 1 aromatic heterocycles. The molecule has 0 radical (unpaired) electrons. The second kappa shape index (κ2) is 6.15. The van der Waals surface area contributed by atoms with E-state index in [1.54, 1.807) is 0 Å². The summed E-state index contributed by atoms with van der Waals surface area (Å²) in [4.78, 5) is 28.3. The number of nitrogens with one attached hydrogen (secondary N) is 1. The molecule has 1 fully saturated rings. The summed E-state index contributed by atoms with van der Waals surface area (Å²) in [6.45, 7) is 7.37. The second-order valence-electron chi connectivity index (χ2n) is 8.29. The highest BCUT2D eigenvalue weighted by Gasteiger charge is 2.52. The van der Waals surface area contributed by atoms with Crippen molar-refractivity contribution < 1.29 is 9.59 Å². The number of hydrogen-bond donors (Lipinski definition) is 1. The largest absolute Gasteiger partial charge is 0.354 e. The Morgan fingerprint density at radius 3 is 2.73 bits per heavy atom. The molecule has 5 heteroatoms. The molecule has 0 unspecified atom stereocenters. The third-order valence-electron chi connectivity index (χ3n) is 5.65. The van der Waals surface area contributed by atoms with Gasteiger partial charge in [0.25, 0.3) is 5.91 Å². The van der Waals surface area contributed by atoms with Gasteiger partial charge in [-0.25, -0.2) is 0 Å². The summed E-state index contributed by atoms with van der Waals surface area (Å²) in [5, 5.41) is 4.13. The Balaban J connectivity index is 1.71. The van der Waals surface area contributed by atoms with Gasteiger partial charge in [0.1, 0.15) is 11.2 Å². The zero-order chi connectivity index (χ0) is 18.5. The molecule has 2 heterocycles. The molecular formula is C21H27N3O2. The van der Waals surface area contributed by atoms with Crippen LogP contribution in [-0.2, 0) is 11.3 Å². The Morgan fingerprint density at radius 2 is 2.04 bits per heavy atom. The first-order valence-electron chi connectivity index (χ1n) is 9.62. The fourth-order valence-corrected chi connectivity index (χ4v) is 4.04. The number of aromatic nitrogens is 1. The highest BCUT2D eigenvalue weighted by Crippen LogP contribution is 2.40. The average molecular weight is 353 g/mol. The van der Waals surface area contributed by atoms with Crippen molar-refractivity contribution in [1.82, 2.24) is 14.8 Å². The van der Waals surface area contributed by atoms with Gasteiger partial charge in [0.15, 0.2) is 0 Å². The molecule has 2 aromatic rings. The van der Waals surface area contributed by atoms with Gasteiger partial charge in [-0.2, -0.15) is 0 Å². The van der Waals surface area contributed by atoms with Crippen LogP contribution in [0.5, 0.6) is 0 Å². The molecule has 138 valence electrons. The maximum Gasteiger partial charge on any atom is 0.271 e. The quantitative estimate of drug-likeness (QED) is 0.897. The van der Waals surface area contributed by atoms with Gasteiger partial charge in [0, 0.05) is 23.5 Å². The number of para-hydroxylation sites is 1. The first-order chi connectivity index (χ1) is 12.4. The Labute approximate surface area is 154 Å². The second-order valence-corrected chi connectivity index (χ2v) is 8.29. The number of carbonyl (C=O) groups is 2. The topological polar surface area (TPSA) is 54.3 Å². The normalized spacial score (nSPS) is 22.8. The Morgan fingerprint density at radius 1 is 1.31 bits per heavy atom. The van der Waals surface area contributed by atoms with E-state index in [1.807, 2.05) is 46.7 Å². The van der Waals surface area contributed by atoms with Crippen molar-refractivity contribution in [2.24, 2.45) is 5.92 Å². The van der Waals surface area contributed by atoms with E-state index >= 15 is 0 Å². The lowest BCUT2D eigenvalue weighted by Crippen LogP contribution is -2.64. The molecule has 2 aliphatic rings. The molecule has 1 N–H and O–H groups in total. The number of benzene rings is 1. The van der Waals surface area contributed by atoms with Crippen LogP contribution in [0.3, 0.4) is 0 Å². The smallest absolute Gasteiger partial charge is 0.271 e. The van der Waals surface area contributed by atoms with Crippen LogP contribution in [0.25, 0.3) is 10.9 Å². The zero-order valence-electron chi connectivity index (χ0n) is 15.8. The molecule has 0 spiro atoms. The maximum absolute atomic E-state index is 13.3. The Kier molecular flexibility index (Phi) is 4.05. The van der Waals surface area contributed by atoms with Gasteiger partial charge in [0.2, 0.25) is 5.91 Å². The first kappa shape index (κ1) is 17.1. The van der Waals surface area contributed by atoms with E-state index in [0.29, 0.717) is 24.7 Å². The standard InChI is InChI=1S/C21H27N3O2/c1-14(2)10-11-22-20(26)21(3)13-23-17-7-5-4-6-15(17)12-18(23)19(25)24(21)16-8-9-16/h4-7,12,14,16H,8-11,13H2,1-3H3,(H,22,26)/t21-/m0/s1. The van der Waals surface area contributed by atoms with E-state index in [-0.39, 0.29) is 17.9 Å². The molecule has 1 aliphatic carbocycles. The average Bonchev–Trinajstić information content (AvgIpc) is 3.35. The first-order valence-corrected chi connectivity index (χ1v) is 9.62. The van der Waals surface area contributed by atoms with E-state index in [9.17, 15) is 9.59 Å². The van der Waals surface area contributed by atoms with Gasteiger partial charge in [0.05, 0.1) is 6.54 Å². The maximum atomic E-state index is 13.3. The summed E-state index contributed by atoms with van der Waals surface area (Å²) < 4.78 is 2.03. The van der Waals surface area contributed by atoms with Crippen molar-refractivity contribution >= 4 is 22.7 Å². The van der Waals surface area contributed by atoms with Gasteiger partial charge in [-0.15, -0.1) is 0 Å². The van der Waals surface area contributed by atoms with E-state index in [0.717, 1.165) is 30.2 Å². The molecule has 0 saturated heterocycles. The predicted molar refractivity (Wildman–Crippen MR) is 102 cm³/mol. The molecular weight excluding hydrogens is 326 g/mol. The van der Waals surface area contributed by atoms with Gasteiger partial charge in [-0.05, 0) is 44.2 Å². The number of carbonyl (C=O) groups excluding carboxylic acids is 2. The van der Waals surface area contributed by atoms with Gasteiger partial charge in [-0.3, -0.25) is 9.59 Å². The van der Waals surface area contributed by atoms with Gasteiger partial charge in [-0.1, -0.05) is 32.0 Å². The molecule has 0 bridgehead atoms. The monoisotopic (exact) mass is 353 g/mol. The molecule has 1 aliphatic heterocycles. The van der Waals surface area contributed by atoms with E-state index in [1.165, 1.54) is 0 Å². The number of fused-ring (bicyclic) bond motifs is 3. The van der Waals surface area contributed by atoms with Crippen LogP contribution >= 0.6 is 0 Å². The lowest BCUT2D eigenvalue weighted by atomic mass is 9.94. The van der Waals surface area contributed by atoms with Crippen molar-refractivity contribution in [3.8, 4) is 0 Å². The number of rotatable bonds is 5. The van der Waals surface area contributed by atoms with Crippen LogP contribution in [0.15, 0.2) is 30.3 Å². The van der Waals surface area contributed by atoms with Crippen LogP contribution in [0.1, 0.15) is 50.5 Å². The van der Waals surface area contributed by atoms with Gasteiger partial charge >= 0.3 is 0 Å². The fraction of sp³-hybridized carbons (Fsp3) is 0.524. The summed E-state index contributed by atoms with van der Waals surface area (Å²) in [7, 11) is 0. The zero-order valence-corrected chi connectivity index (χ0v) is 15.8. The third-order valence-corrected chi connectivity index (χ3v) is 5.65. The lowest BCUT2D eigenvalue weighted by Gasteiger charge is -2.44. The predicted octanol–water partition coefficient (Wildman–Crippen LogP) is 3.18. The number of hydrogen-bond acceptors (Lipinski definition) is 2. The Hall–Kier alpha value is -2.30. The summed E-state index contributed by atoms with van der Waals surface area (Å²) in [5.41, 5.74) is 0.877. The number of amides is 2. The van der Waals surface area contributed by atoms with Gasteiger partial charge < -0.3 is 14.8 Å². The van der Waals surface area contributed by atoms with E-state index < -0.39 is 5.54 Å². The van der Waals surface area contributed by atoms with Crippen molar-refractivity contribution in [2.75, 3.05) is 6.54 Å². The molecule has 4 rings (SSSR count). The molecule has 2 amide bonds. The molecule has 26 heavy (non-hydrogen) atoms. The Bertz CT molecular complexity index is 865. The summed E-state index contributed by atoms with van der Waals surface area (Å²) in [6.07, 6.45) is 2.92. The van der Waals surface area contributed by atoms with E-state index in [2.05, 4.69) is 19.2 Å². The van der Waals surface area contributed by atoms with Crippen LogP contribution in [0.2, 0.25) is 0 Å². The third kappa shape index (κ3) is 2.70. The van der Waals surface area contributed by atoms with Crippen molar-refractivity contribution in [2.45, 2.75) is 58.2 Å². The van der Waals surface area contributed by atoms with Crippen molar-refractivity contribution in [3.63, 3.8) is 0 Å². The molecule has 5 nitrogen and oxygen atoms in total. The molecule has 1 saturated carbocycles. The summed E-state index contributed by atoms with van der Waals surface area (Å²) in [6, 6.07) is 10.2. The highest BCUT2D eigenvalue weighted by atomic mass is 16.2. The lowest BCUT2D eigenvalue weighted by molar-refractivity contribution is -0.133. The van der Waals surface area contributed by atoms with Crippen LogP contribution in [-0.4, -0.2) is 39.4 Å². The molecule has 1 atom stereocenters. The SMILES string of the molecule is CC(C)CCNC(=O)[C@]1(C)Cn2c(cc3ccccc32)C(=O)N1C1CC1. The minimum absolute atomic E-state index is 0.0172. The van der Waals surface area contributed by atoms with Crippen LogP contribution < -0.4 is 5.32 Å². The van der Waals surface area contributed by atoms with Crippen LogP contribution in [0.4, 0.5) is 0 Å². The summed E-state index contributed by atoms with van der Waals surface area (Å²) in [5.74, 6) is 0.480.